The SMILES string of the molecule is O=C(NC1CC(F)(F)C1)c1cc(C(F)(F)F)cnc1Cl. The minimum Gasteiger partial charge on any atom is -0.349 e. The largest absolute Gasteiger partial charge is 0.417 e. The maximum absolute atomic E-state index is 12.6. The first-order valence-corrected chi connectivity index (χ1v) is 5.88. The van der Waals surface area contributed by atoms with E-state index >= 15 is 0 Å². The average molecular weight is 315 g/mol. The normalized spacial score (nSPS) is 18.5. The number of hydrogen-bond acceptors (Lipinski definition) is 2. The summed E-state index contributed by atoms with van der Waals surface area (Å²) in [6.45, 7) is 0. The van der Waals surface area contributed by atoms with Crippen molar-refractivity contribution in [1.29, 1.82) is 0 Å². The molecule has 1 amide bonds. The summed E-state index contributed by atoms with van der Waals surface area (Å²) in [6, 6.07) is -0.232. The van der Waals surface area contributed by atoms with E-state index in [1.54, 1.807) is 0 Å². The molecule has 1 aliphatic carbocycles. The topological polar surface area (TPSA) is 42.0 Å². The van der Waals surface area contributed by atoms with Crippen LogP contribution in [0.4, 0.5) is 22.0 Å². The summed E-state index contributed by atoms with van der Waals surface area (Å²) in [5, 5.41) is 1.78. The van der Waals surface area contributed by atoms with Crippen molar-refractivity contribution in [3.63, 3.8) is 0 Å². The minimum atomic E-state index is -4.67. The Morgan fingerprint density at radius 1 is 1.40 bits per heavy atom. The molecule has 20 heavy (non-hydrogen) atoms. The highest BCUT2D eigenvalue weighted by Gasteiger charge is 2.46. The zero-order chi connectivity index (χ0) is 15.1. The number of carbonyl (C=O) groups is 1. The first kappa shape index (κ1) is 15.0. The molecule has 0 saturated heterocycles. The predicted octanol–water partition coefficient (Wildman–Crippen LogP) is 3.28. The summed E-state index contributed by atoms with van der Waals surface area (Å²) in [4.78, 5) is 15.0. The lowest BCUT2D eigenvalue weighted by atomic mass is 9.88. The van der Waals surface area contributed by atoms with Gasteiger partial charge in [-0.2, -0.15) is 13.2 Å². The van der Waals surface area contributed by atoms with E-state index in [2.05, 4.69) is 10.3 Å². The van der Waals surface area contributed by atoms with Crippen molar-refractivity contribution in [3.05, 3.63) is 28.5 Å². The van der Waals surface area contributed by atoms with E-state index < -0.39 is 53.2 Å². The van der Waals surface area contributed by atoms with Crippen molar-refractivity contribution < 1.29 is 26.7 Å². The van der Waals surface area contributed by atoms with Gasteiger partial charge in [0.2, 0.25) is 0 Å². The zero-order valence-electron chi connectivity index (χ0n) is 9.77. The number of nitrogens with zero attached hydrogens (tertiary/aromatic N) is 1. The second kappa shape index (κ2) is 4.83. The number of carbonyl (C=O) groups excluding carboxylic acids is 1. The zero-order valence-corrected chi connectivity index (χ0v) is 10.5. The van der Waals surface area contributed by atoms with E-state index in [0.717, 1.165) is 0 Å². The summed E-state index contributed by atoms with van der Waals surface area (Å²) in [5.74, 6) is -3.79. The highest BCUT2D eigenvalue weighted by Crippen LogP contribution is 2.37. The van der Waals surface area contributed by atoms with Gasteiger partial charge >= 0.3 is 6.18 Å². The quantitative estimate of drug-likeness (QED) is 0.672. The lowest BCUT2D eigenvalue weighted by Gasteiger charge is -2.35. The van der Waals surface area contributed by atoms with E-state index in [9.17, 15) is 26.7 Å². The van der Waals surface area contributed by atoms with Gasteiger partial charge in [0, 0.05) is 25.1 Å². The van der Waals surface area contributed by atoms with Crippen molar-refractivity contribution >= 4 is 17.5 Å². The molecule has 1 saturated carbocycles. The van der Waals surface area contributed by atoms with Crippen LogP contribution >= 0.6 is 11.6 Å². The molecule has 1 N–H and O–H groups in total. The molecule has 1 heterocycles. The summed E-state index contributed by atoms with van der Waals surface area (Å²) in [7, 11) is 0. The van der Waals surface area contributed by atoms with Crippen LogP contribution in [0.5, 0.6) is 0 Å². The fraction of sp³-hybridized carbons (Fsp3) is 0.455. The van der Waals surface area contributed by atoms with Gasteiger partial charge in [0.15, 0.2) is 0 Å². The van der Waals surface area contributed by atoms with E-state index in [1.807, 2.05) is 0 Å². The van der Waals surface area contributed by atoms with Crippen LogP contribution in [0.15, 0.2) is 12.3 Å². The van der Waals surface area contributed by atoms with Crippen LogP contribution < -0.4 is 5.32 Å². The molecule has 1 fully saturated rings. The smallest absolute Gasteiger partial charge is 0.349 e. The molecule has 0 atom stereocenters. The Balaban J connectivity index is 2.13. The lowest BCUT2D eigenvalue weighted by Crippen LogP contribution is -2.50. The standard InChI is InChI=1S/C11H8ClF5N2O/c12-8-7(1-5(4-18-8)11(15,16)17)9(20)19-6-2-10(13,14)3-6/h1,4,6H,2-3H2,(H,19,20). The third-order valence-electron chi connectivity index (χ3n) is 2.84. The number of nitrogens with one attached hydrogen (secondary N) is 1. The Bertz CT molecular complexity index is 538. The van der Waals surface area contributed by atoms with Gasteiger partial charge in [0.05, 0.1) is 11.1 Å². The molecule has 0 spiro atoms. The summed E-state index contributed by atoms with van der Waals surface area (Å²) in [5.41, 5.74) is -1.62. The molecule has 0 bridgehead atoms. The van der Waals surface area contributed by atoms with Crippen LogP contribution in [0.3, 0.4) is 0 Å². The maximum atomic E-state index is 12.6. The monoisotopic (exact) mass is 314 g/mol. The van der Waals surface area contributed by atoms with E-state index in [1.165, 1.54) is 0 Å². The number of pyridine rings is 1. The molecule has 2 rings (SSSR count). The van der Waals surface area contributed by atoms with Gasteiger partial charge in [-0.25, -0.2) is 13.8 Å². The summed E-state index contributed by atoms with van der Waals surface area (Å²) in [6.07, 6.45) is -5.25. The van der Waals surface area contributed by atoms with Gasteiger partial charge < -0.3 is 5.32 Å². The number of alkyl halides is 5. The van der Waals surface area contributed by atoms with Gasteiger partial charge in [-0.1, -0.05) is 11.6 Å². The fourth-order valence-electron chi connectivity index (χ4n) is 1.79. The van der Waals surface area contributed by atoms with Crippen LogP contribution in [-0.2, 0) is 6.18 Å². The molecular formula is C11H8ClF5N2O. The summed E-state index contributed by atoms with van der Waals surface area (Å²) >= 11 is 5.55. The van der Waals surface area contributed by atoms with Gasteiger partial charge in [-0.05, 0) is 6.07 Å². The first-order valence-electron chi connectivity index (χ1n) is 5.50. The van der Waals surface area contributed by atoms with Crippen LogP contribution in [-0.4, -0.2) is 22.9 Å². The third kappa shape index (κ3) is 3.17. The van der Waals surface area contributed by atoms with Gasteiger partial charge in [-0.3, -0.25) is 4.79 Å². The van der Waals surface area contributed by atoms with Crippen molar-refractivity contribution in [1.82, 2.24) is 10.3 Å². The van der Waals surface area contributed by atoms with E-state index in [4.69, 9.17) is 11.6 Å². The third-order valence-corrected chi connectivity index (χ3v) is 3.14. The Labute approximate surface area is 115 Å². The van der Waals surface area contributed by atoms with Crippen LogP contribution in [0.2, 0.25) is 5.15 Å². The highest BCUT2D eigenvalue weighted by atomic mass is 35.5. The van der Waals surface area contributed by atoms with Crippen molar-refractivity contribution in [2.24, 2.45) is 0 Å². The Morgan fingerprint density at radius 3 is 2.50 bits per heavy atom. The molecular weight excluding hydrogens is 307 g/mol. The molecule has 1 aromatic heterocycles. The van der Waals surface area contributed by atoms with Gasteiger partial charge in [-0.15, -0.1) is 0 Å². The molecule has 0 aliphatic heterocycles. The number of aromatic nitrogens is 1. The molecule has 110 valence electrons. The van der Waals surface area contributed by atoms with Crippen LogP contribution in [0, 0.1) is 0 Å². The number of hydrogen-bond donors (Lipinski definition) is 1. The summed E-state index contributed by atoms with van der Waals surface area (Å²) < 4.78 is 62.7. The molecule has 0 radical (unpaired) electrons. The van der Waals surface area contributed by atoms with Crippen molar-refractivity contribution in [2.75, 3.05) is 0 Å². The highest BCUT2D eigenvalue weighted by molar-refractivity contribution is 6.32. The number of halogens is 6. The lowest BCUT2D eigenvalue weighted by molar-refractivity contribution is -0.137. The molecule has 3 nitrogen and oxygen atoms in total. The average Bonchev–Trinajstić information content (AvgIpc) is 2.25. The first-order chi connectivity index (χ1) is 9.08. The van der Waals surface area contributed by atoms with Gasteiger partial charge in [0.25, 0.3) is 11.8 Å². The van der Waals surface area contributed by atoms with E-state index in [-0.39, 0.29) is 0 Å². The molecule has 1 aromatic rings. The second-order valence-corrected chi connectivity index (χ2v) is 4.85. The molecule has 0 aromatic carbocycles. The predicted molar refractivity (Wildman–Crippen MR) is 59.7 cm³/mol. The molecule has 9 heteroatoms. The Hall–Kier alpha value is -1.44. The Morgan fingerprint density at radius 2 is 2.00 bits per heavy atom. The van der Waals surface area contributed by atoms with Crippen LogP contribution in [0.1, 0.15) is 28.8 Å². The van der Waals surface area contributed by atoms with Gasteiger partial charge in [0.1, 0.15) is 5.15 Å². The Kier molecular flexibility index (Phi) is 3.62. The molecule has 0 unspecified atom stereocenters. The second-order valence-electron chi connectivity index (χ2n) is 4.49. The van der Waals surface area contributed by atoms with Crippen molar-refractivity contribution in [2.45, 2.75) is 31.0 Å². The van der Waals surface area contributed by atoms with Crippen molar-refractivity contribution in [3.8, 4) is 0 Å². The maximum Gasteiger partial charge on any atom is 0.417 e. The number of amides is 1. The molecule has 1 aliphatic rings. The fourth-order valence-corrected chi connectivity index (χ4v) is 1.98. The number of rotatable bonds is 2. The van der Waals surface area contributed by atoms with Crippen LogP contribution in [0.25, 0.3) is 0 Å². The minimum absolute atomic E-state index is 0.415. The van der Waals surface area contributed by atoms with E-state index in [0.29, 0.717) is 12.3 Å².